The van der Waals surface area contributed by atoms with Crippen molar-refractivity contribution in [3.8, 4) is 0 Å². The van der Waals surface area contributed by atoms with Crippen molar-refractivity contribution in [2.24, 2.45) is 0 Å². The van der Waals surface area contributed by atoms with Crippen molar-refractivity contribution in [2.75, 3.05) is 5.73 Å². The molecule has 0 saturated carbocycles. The first-order valence-electron chi connectivity index (χ1n) is 7.86. The van der Waals surface area contributed by atoms with Crippen molar-refractivity contribution < 1.29 is 0 Å². The highest BCUT2D eigenvalue weighted by atomic mass is 35.5. The third-order valence-electron chi connectivity index (χ3n) is 3.72. The minimum atomic E-state index is 0.150. The van der Waals surface area contributed by atoms with E-state index in [4.69, 9.17) is 17.3 Å². The van der Waals surface area contributed by atoms with E-state index in [0.717, 1.165) is 18.5 Å². The number of nitrogen functional groups attached to an aromatic ring is 1. The van der Waals surface area contributed by atoms with Crippen LogP contribution in [0.5, 0.6) is 0 Å². The fraction of sp³-hybridized carbons (Fsp3) is 0.667. The van der Waals surface area contributed by atoms with E-state index in [-0.39, 0.29) is 5.28 Å². The highest BCUT2D eigenvalue weighted by Crippen LogP contribution is 2.19. The molecule has 0 aliphatic carbocycles. The van der Waals surface area contributed by atoms with E-state index in [2.05, 4.69) is 21.9 Å². The first-order valence-corrected chi connectivity index (χ1v) is 8.24. The van der Waals surface area contributed by atoms with Gasteiger partial charge in [0.15, 0.2) is 11.5 Å². The molecule has 0 atom stereocenters. The van der Waals surface area contributed by atoms with Crippen LogP contribution in [-0.2, 0) is 6.54 Å². The number of anilines is 1. The second kappa shape index (κ2) is 8.17. The van der Waals surface area contributed by atoms with Gasteiger partial charge in [-0.15, -0.1) is 0 Å². The molecule has 0 fully saturated rings. The summed E-state index contributed by atoms with van der Waals surface area (Å²) in [5.74, 6) is 0.405. The van der Waals surface area contributed by atoms with Gasteiger partial charge >= 0.3 is 0 Å². The molecule has 0 unspecified atom stereocenters. The maximum absolute atomic E-state index is 5.90. The Morgan fingerprint density at radius 2 is 1.71 bits per heavy atom. The molecule has 2 aromatic rings. The van der Waals surface area contributed by atoms with E-state index >= 15 is 0 Å². The predicted molar refractivity (Wildman–Crippen MR) is 87.4 cm³/mol. The van der Waals surface area contributed by atoms with Gasteiger partial charge in [0, 0.05) is 6.54 Å². The third-order valence-corrected chi connectivity index (χ3v) is 3.89. The quantitative estimate of drug-likeness (QED) is 0.556. The monoisotopic (exact) mass is 309 g/mol. The summed E-state index contributed by atoms with van der Waals surface area (Å²) in [6.45, 7) is 3.15. The number of fused-ring (bicyclic) bond motifs is 1. The minimum Gasteiger partial charge on any atom is -0.382 e. The van der Waals surface area contributed by atoms with Crippen LogP contribution in [0, 0.1) is 0 Å². The van der Waals surface area contributed by atoms with Crippen molar-refractivity contribution in [2.45, 2.75) is 64.8 Å². The van der Waals surface area contributed by atoms with E-state index in [9.17, 15) is 0 Å². The van der Waals surface area contributed by atoms with E-state index < -0.39 is 0 Å². The average molecular weight is 310 g/mol. The molecule has 0 bridgehead atoms. The van der Waals surface area contributed by atoms with Crippen molar-refractivity contribution in [1.82, 2.24) is 19.5 Å². The lowest BCUT2D eigenvalue weighted by molar-refractivity contribution is 0.548. The summed E-state index contributed by atoms with van der Waals surface area (Å²) in [4.78, 5) is 12.3. The van der Waals surface area contributed by atoms with Crippen LogP contribution < -0.4 is 5.73 Å². The zero-order valence-corrected chi connectivity index (χ0v) is 13.4. The number of unbranched alkanes of at least 4 members (excludes halogenated alkanes) is 7. The van der Waals surface area contributed by atoms with Gasteiger partial charge < -0.3 is 10.3 Å². The summed E-state index contributed by atoms with van der Waals surface area (Å²) < 4.78 is 2.03. The molecule has 0 aromatic carbocycles. The molecular weight excluding hydrogens is 286 g/mol. The smallest absolute Gasteiger partial charge is 0.226 e. The zero-order chi connectivity index (χ0) is 15.1. The number of nitrogens with zero attached hydrogens (tertiary/aromatic N) is 4. The van der Waals surface area contributed by atoms with Gasteiger partial charge in [0.25, 0.3) is 0 Å². The van der Waals surface area contributed by atoms with Crippen LogP contribution in [0.2, 0.25) is 5.28 Å². The Balaban J connectivity index is 1.77. The lowest BCUT2D eigenvalue weighted by Gasteiger charge is -2.05. The zero-order valence-electron chi connectivity index (χ0n) is 12.7. The molecule has 5 nitrogen and oxygen atoms in total. The van der Waals surface area contributed by atoms with Crippen LogP contribution in [-0.4, -0.2) is 19.5 Å². The maximum Gasteiger partial charge on any atom is 0.226 e. The lowest BCUT2D eigenvalue weighted by atomic mass is 10.1. The van der Waals surface area contributed by atoms with Crippen LogP contribution in [0.15, 0.2) is 6.33 Å². The standard InChI is InChI=1S/C15H24ClN5/c1-2-3-4-5-6-7-8-9-10-21-11-18-14-12(21)13(17)19-15(16)20-14/h11H,2-10H2,1H3,(H2,17,19,20). The predicted octanol–water partition coefficient (Wildman–Crippen LogP) is 4.20. The van der Waals surface area contributed by atoms with Gasteiger partial charge in [0.05, 0.1) is 6.33 Å². The number of imidazole rings is 1. The fourth-order valence-corrected chi connectivity index (χ4v) is 2.74. The second-order valence-electron chi connectivity index (χ2n) is 5.46. The Bertz CT molecular complexity index is 566. The number of hydrogen-bond acceptors (Lipinski definition) is 4. The van der Waals surface area contributed by atoms with Crippen molar-refractivity contribution in [3.05, 3.63) is 11.6 Å². The summed E-state index contributed by atoms with van der Waals surface area (Å²) >= 11 is 5.78. The van der Waals surface area contributed by atoms with Gasteiger partial charge in [0.1, 0.15) is 5.52 Å². The molecule has 0 amide bonds. The number of aromatic nitrogens is 4. The Morgan fingerprint density at radius 3 is 2.43 bits per heavy atom. The molecule has 21 heavy (non-hydrogen) atoms. The normalized spacial score (nSPS) is 11.3. The number of halogens is 1. The molecule has 0 aliphatic heterocycles. The van der Waals surface area contributed by atoms with Gasteiger partial charge in [-0.05, 0) is 18.0 Å². The average Bonchev–Trinajstić information content (AvgIpc) is 2.85. The molecule has 0 spiro atoms. The van der Waals surface area contributed by atoms with Gasteiger partial charge in [-0.1, -0.05) is 51.9 Å². The van der Waals surface area contributed by atoms with E-state index in [1.807, 2.05) is 4.57 Å². The van der Waals surface area contributed by atoms with Crippen LogP contribution in [0.25, 0.3) is 11.2 Å². The van der Waals surface area contributed by atoms with Gasteiger partial charge in [-0.3, -0.25) is 0 Å². The van der Waals surface area contributed by atoms with E-state index in [1.165, 1.54) is 44.9 Å². The Kier molecular flexibility index (Phi) is 6.23. The minimum absolute atomic E-state index is 0.150. The molecule has 0 radical (unpaired) electrons. The molecule has 2 N–H and O–H groups in total. The van der Waals surface area contributed by atoms with Crippen molar-refractivity contribution in [1.29, 1.82) is 0 Å². The van der Waals surface area contributed by atoms with Crippen molar-refractivity contribution in [3.63, 3.8) is 0 Å². The van der Waals surface area contributed by atoms with E-state index in [0.29, 0.717) is 11.5 Å². The lowest BCUT2D eigenvalue weighted by Crippen LogP contribution is -2.01. The summed E-state index contributed by atoms with van der Waals surface area (Å²) in [7, 11) is 0. The molecular formula is C15H24ClN5. The number of hydrogen-bond donors (Lipinski definition) is 1. The largest absolute Gasteiger partial charge is 0.382 e. The Hall–Kier alpha value is -1.36. The molecule has 0 aliphatic rings. The number of nitrogens with two attached hydrogens (primary N) is 1. The van der Waals surface area contributed by atoms with Crippen LogP contribution in [0.4, 0.5) is 5.82 Å². The number of rotatable bonds is 9. The fourth-order valence-electron chi connectivity index (χ4n) is 2.57. The molecule has 6 heteroatoms. The van der Waals surface area contributed by atoms with Gasteiger partial charge in [-0.25, -0.2) is 4.98 Å². The summed E-state index contributed by atoms with van der Waals surface area (Å²) in [5.41, 5.74) is 7.27. The molecule has 2 aromatic heterocycles. The Labute approximate surface area is 130 Å². The molecule has 2 rings (SSSR count). The molecule has 0 saturated heterocycles. The van der Waals surface area contributed by atoms with Crippen molar-refractivity contribution >= 4 is 28.6 Å². The summed E-state index contributed by atoms with van der Waals surface area (Å²) in [6, 6.07) is 0. The highest BCUT2D eigenvalue weighted by molar-refractivity contribution is 6.28. The van der Waals surface area contributed by atoms with Gasteiger partial charge in [-0.2, -0.15) is 9.97 Å². The van der Waals surface area contributed by atoms with Crippen LogP contribution >= 0.6 is 11.6 Å². The van der Waals surface area contributed by atoms with Crippen LogP contribution in [0.3, 0.4) is 0 Å². The topological polar surface area (TPSA) is 69.6 Å². The summed E-state index contributed by atoms with van der Waals surface area (Å²) in [5, 5.41) is 0.150. The highest BCUT2D eigenvalue weighted by Gasteiger charge is 2.10. The van der Waals surface area contributed by atoms with E-state index in [1.54, 1.807) is 6.33 Å². The van der Waals surface area contributed by atoms with Gasteiger partial charge in [0.2, 0.25) is 5.28 Å². The first kappa shape index (κ1) is 16.0. The molecule has 116 valence electrons. The Morgan fingerprint density at radius 1 is 1.05 bits per heavy atom. The maximum atomic E-state index is 5.90. The SMILES string of the molecule is CCCCCCCCCCn1cnc2nc(Cl)nc(N)c21. The van der Waals surface area contributed by atoms with Crippen LogP contribution in [0.1, 0.15) is 58.3 Å². The first-order chi connectivity index (χ1) is 10.2. The second-order valence-corrected chi connectivity index (χ2v) is 5.80. The molecule has 2 heterocycles. The summed E-state index contributed by atoms with van der Waals surface area (Å²) in [6.07, 6.45) is 12.2. The third kappa shape index (κ3) is 4.56. The number of aryl methyl sites for hydroxylation is 1.